The van der Waals surface area contributed by atoms with Crippen molar-refractivity contribution in [1.29, 1.82) is 0 Å². The number of aromatic nitrogens is 4. The number of Topliss-reactive ketones (excluding diaryl/α,β-unsaturated/α-hetero) is 1. The Labute approximate surface area is 154 Å². The molecule has 1 N–H and O–H groups in total. The number of nitrogens with one attached hydrogen (secondary N) is 1. The molecule has 0 unspecified atom stereocenters. The lowest BCUT2D eigenvalue weighted by Gasteiger charge is -2.26. The number of hydrogen-bond acceptors (Lipinski definition) is 6. The van der Waals surface area contributed by atoms with E-state index >= 15 is 0 Å². The second-order valence-electron chi connectivity index (χ2n) is 7.34. The van der Waals surface area contributed by atoms with Crippen molar-refractivity contribution < 1.29 is 9.59 Å². The molecule has 4 rings (SSSR count). The van der Waals surface area contributed by atoms with Gasteiger partial charge in [-0.3, -0.25) is 9.59 Å². The highest BCUT2D eigenvalue weighted by atomic mass is 32.1. The Bertz CT molecular complexity index is 1000. The van der Waals surface area contributed by atoms with Crippen LogP contribution in [0.3, 0.4) is 0 Å². The Morgan fingerprint density at radius 1 is 1.31 bits per heavy atom. The number of rotatable bonds is 4. The van der Waals surface area contributed by atoms with Crippen molar-refractivity contribution in [1.82, 2.24) is 20.0 Å². The minimum Gasteiger partial charge on any atom is -0.302 e. The summed E-state index contributed by atoms with van der Waals surface area (Å²) in [7, 11) is 0. The Kier molecular flexibility index (Phi) is 4.07. The maximum Gasteiger partial charge on any atom is 0.228 e. The van der Waals surface area contributed by atoms with E-state index in [4.69, 9.17) is 0 Å². The normalized spacial score (nSPS) is 15.8. The standard InChI is InChI=1S/C18H19N5O2S/c1-18(2)9-12-16(14(24)10-18)26-17(19-12)20-15(25)7-8-23-13-6-4-3-5-11(13)21-22-23/h3-6H,7-10H2,1-2H3,(H,19,20,25). The van der Waals surface area contributed by atoms with Gasteiger partial charge in [0.1, 0.15) is 5.52 Å². The molecule has 8 heteroatoms. The molecular weight excluding hydrogens is 350 g/mol. The third kappa shape index (κ3) is 3.24. The summed E-state index contributed by atoms with van der Waals surface area (Å²) in [5.74, 6) is -0.0364. The van der Waals surface area contributed by atoms with Crippen molar-refractivity contribution in [3.05, 3.63) is 34.8 Å². The number of ketones is 1. The van der Waals surface area contributed by atoms with Gasteiger partial charge in [0.05, 0.1) is 22.6 Å². The maximum absolute atomic E-state index is 12.3. The molecule has 1 aromatic carbocycles. The van der Waals surface area contributed by atoms with E-state index in [1.807, 2.05) is 24.3 Å². The summed E-state index contributed by atoms with van der Waals surface area (Å²) in [5.41, 5.74) is 2.43. The van der Waals surface area contributed by atoms with Gasteiger partial charge in [0, 0.05) is 12.8 Å². The second-order valence-corrected chi connectivity index (χ2v) is 8.33. The van der Waals surface area contributed by atoms with E-state index in [2.05, 4.69) is 34.5 Å². The van der Waals surface area contributed by atoms with Crippen molar-refractivity contribution in [3.63, 3.8) is 0 Å². The minimum atomic E-state index is -0.151. The Morgan fingerprint density at radius 2 is 2.12 bits per heavy atom. The van der Waals surface area contributed by atoms with Gasteiger partial charge in [-0.05, 0) is 24.0 Å². The first kappa shape index (κ1) is 16.8. The number of hydrogen-bond donors (Lipinski definition) is 1. The molecule has 0 atom stereocenters. The molecule has 26 heavy (non-hydrogen) atoms. The first-order valence-corrected chi connectivity index (χ1v) is 9.34. The molecule has 1 aliphatic rings. The Hall–Kier alpha value is -2.61. The van der Waals surface area contributed by atoms with Crippen molar-refractivity contribution in [2.24, 2.45) is 5.41 Å². The molecule has 134 valence electrons. The molecular formula is C18H19N5O2S. The number of benzene rings is 1. The zero-order chi connectivity index (χ0) is 18.3. The molecule has 0 bridgehead atoms. The number of fused-ring (bicyclic) bond motifs is 2. The molecule has 1 aliphatic carbocycles. The summed E-state index contributed by atoms with van der Waals surface area (Å²) in [4.78, 5) is 29.7. The van der Waals surface area contributed by atoms with Crippen molar-refractivity contribution >= 4 is 39.2 Å². The van der Waals surface area contributed by atoms with E-state index < -0.39 is 0 Å². The molecule has 3 aromatic rings. The average Bonchev–Trinajstić information content (AvgIpc) is 3.15. The van der Waals surface area contributed by atoms with Crippen molar-refractivity contribution in [3.8, 4) is 0 Å². The predicted molar refractivity (Wildman–Crippen MR) is 99.3 cm³/mol. The van der Waals surface area contributed by atoms with E-state index in [1.165, 1.54) is 11.3 Å². The quantitative estimate of drug-likeness (QED) is 0.763. The van der Waals surface area contributed by atoms with Crippen LogP contribution in [-0.4, -0.2) is 31.7 Å². The summed E-state index contributed by atoms with van der Waals surface area (Å²) < 4.78 is 1.72. The number of para-hydroxylation sites is 1. The second kappa shape index (κ2) is 6.28. The predicted octanol–water partition coefficient (Wildman–Crippen LogP) is 3.07. The highest BCUT2D eigenvalue weighted by molar-refractivity contribution is 7.17. The summed E-state index contributed by atoms with van der Waals surface area (Å²) in [6.07, 6.45) is 1.54. The van der Waals surface area contributed by atoms with E-state index in [-0.39, 0.29) is 23.5 Å². The largest absolute Gasteiger partial charge is 0.302 e. The van der Waals surface area contributed by atoms with Crippen LogP contribution in [0.1, 0.15) is 42.1 Å². The topological polar surface area (TPSA) is 89.8 Å². The van der Waals surface area contributed by atoms with Gasteiger partial charge >= 0.3 is 0 Å². The monoisotopic (exact) mass is 369 g/mol. The van der Waals surface area contributed by atoms with Crippen LogP contribution in [0.2, 0.25) is 0 Å². The molecule has 1 amide bonds. The van der Waals surface area contributed by atoms with Gasteiger partial charge in [-0.1, -0.05) is 42.5 Å². The zero-order valence-corrected chi connectivity index (χ0v) is 15.5. The van der Waals surface area contributed by atoms with Crippen LogP contribution in [-0.2, 0) is 17.8 Å². The molecule has 0 fully saturated rings. The lowest BCUT2D eigenvalue weighted by Crippen LogP contribution is -2.26. The van der Waals surface area contributed by atoms with Crippen molar-refractivity contribution in [2.75, 3.05) is 5.32 Å². The molecule has 2 heterocycles. The van der Waals surface area contributed by atoms with E-state index in [0.29, 0.717) is 23.0 Å². The molecule has 0 spiro atoms. The fourth-order valence-electron chi connectivity index (χ4n) is 3.25. The van der Waals surface area contributed by atoms with Gasteiger partial charge in [0.15, 0.2) is 10.9 Å². The van der Waals surface area contributed by atoms with Crippen LogP contribution >= 0.6 is 11.3 Å². The van der Waals surface area contributed by atoms with Gasteiger partial charge in [0.2, 0.25) is 5.91 Å². The molecule has 0 aliphatic heterocycles. The fourth-order valence-corrected chi connectivity index (χ4v) is 4.18. The number of anilines is 1. The number of thiazole rings is 1. The molecule has 7 nitrogen and oxygen atoms in total. The van der Waals surface area contributed by atoms with E-state index in [1.54, 1.807) is 4.68 Å². The van der Waals surface area contributed by atoms with Crippen LogP contribution in [0.4, 0.5) is 5.13 Å². The first-order valence-electron chi connectivity index (χ1n) is 8.52. The smallest absolute Gasteiger partial charge is 0.228 e. The van der Waals surface area contributed by atoms with Crippen LogP contribution in [0, 0.1) is 5.41 Å². The number of carbonyl (C=O) groups excluding carboxylic acids is 2. The lowest BCUT2D eigenvalue weighted by molar-refractivity contribution is -0.116. The SMILES string of the molecule is CC1(C)CC(=O)c2sc(NC(=O)CCn3nnc4ccccc43)nc2C1. The third-order valence-electron chi connectivity index (χ3n) is 4.45. The summed E-state index contributed by atoms with van der Waals surface area (Å²) in [5, 5.41) is 11.5. The van der Waals surface area contributed by atoms with Gasteiger partial charge in [-0.2, -0.15) is 0 Å². The van der Waals surface area contributed by atoms with E-state index in [0.717, 1.165) is 23.1 Å². The van der Waals surface area contributed by atoms with Gasteiger partial charge < -0.3 is 5.32 Å². The Morgan fingerprint density at radius 3 is 2.96 bits per heavy atom. The average molecular weight is 369 g/mol. The minimum absolute atomic E-state index is 0.0758. The Balaban J connectivity index is 1.42. The summed E-state index contributed by atoms with van der Waals surface area (Å²) in [6.45, 7) is 4.56. The summed E-state index contributed by atoms with van der Waals surface area (Å²) in [6, 6.07) is 7.63. The highest BCUT2D eigenvalue weighted by Crippen LogP contribution is 2.38. The highest BCUT2D eigenvalue weighted by Gasteiger charge is 2.34. The zero-order valence-electron chi connectivity index (χ0n) is 14.7. The number of nitrogens with zero attached hydrogens (tertiary/aromatic N) is 4. The lowest BCUT2D eigenvalue weighted by atomic mass is 9.78. The molecule has 2 aromatic heterocycles. The van der Waals surface area contributed by atoms with Crippen LogP contribution < -0.4 is 5.32 Å². The van der Waals surface area contributed by atoms with Gasteiger partial charge in [-0.15, -0.1) is 5.10 Å². The number of amides is 1. The van der Waals surface area contributed by atoms with E-state index in [9.17, 15) is 9.59 Å². The molecule has 0 saturated heterocycles. The molecule has 0 radical (unpaired) electrons. The van der Waals surface area contributed by atoms with Gasteiger partial charge in [0.25, 0.3) is 0 Å². The maximum atomic E-state index is 12.3. The number of carbonyl (C=O) groups is 2. The molecule has 0 saturated carbocycles. The first-order chi connectivity index (χ1) is 12.4. The van der Waals surface area contributed by atoms with Crippen LogP contribution in [0.5, 0.6) is 0 Å². The summed E-state index contributed by atoms with van der Waals surface area (Å²) >= 11 is 1.27. The fraction of sp³-hybridized carbons (Fsp3) is 0.389. The van der Waals surface area contributed by atoms with Crippen LogP contribution in [0.25, 0.3) is 11.0 Å². The van der Waals surface area contributed by atoms with Crippen molar-refractivity contribution in [2.45, 2.75) is 39.7 Å². The number of aryl methyl sites for hydroxylation is 1. The third-order valence-corrected chi connectivity index (χ3v) is 5.51. The van der Waals surface area contributed by atoms with Crippen LogP contribution in [0.15, 0.2) is 24.3 Å². The van der Waals surface area contributed by atoms with Gasteiger partial charge in [-0.25, -0.2) is 9.67 Å².